The highest BCUT2D eigenvalue weighted by atomic mass is 16.5. The first-order valence-corrected chi connectivity index (χ1v) is 4.79. The van der Waals surface area contributed by atoms with Gasteiger partial charge < -0.3 is 15.2 Å². The molecule has 1 atom stereocenters. The van der Waals surface area contributed by atoms with Gasteiger partial charge in [-0.1, -0.05) is 5.92 Å². The number of hydrogen-bond donors (Lipinski definition) is 2. The number of aliphatic carboxylic acids is 1. The van der Waals surface area contributed by atoms with Crippen LogP contribution in [0.2, 0.25) is 0 Å². The number of carboxylic acids is 1. The number of carboxylic acid groups (broad SMARTS) is 1. The van der Waals surface area contributed by atoms with Crippen molar-refractivity contribution >= 4 is 11.7 Å². The summed E-state index contributed by atoms with van der Waals surface area (Å²) < 4.78 is 5.18. The van der Waals surface area contributed by atoms with Gasteiger partial charge in [0, 0.05) is 5.69 Å². The predicted octanol–water partition coefficient (Wildman–Crippen LogP) is 1.58. The van der Waals surface area contributed by atoms with Gasteiger partial charge in [0.2, 0.25) is 0 Å². The minimum absolute atomic E-state index is 0.221. The third-order valence-corrected chi connectivity index (χ3v) is 1.93. The van der Waals surface area contributed by atoms with Crippen molar-refractivity contribution in [1.29, 1.82) is 0 Å². The number of anilines is 1. The van der Waals surface area contributed by atoms with Crippen molar-refractivity contribution in [3.63, 3.8) is 0 Å². The molecule has 4 nitrogen and oxygen atoms in total. The van der Waals surface area contributed by atoms with E-state index in [1.54, 1.807) is 31.2 Å². The number of carbonyl (C=O) groups is 1. The molecule has 84 valence electrons. The van der Waals surface area contributed by atoms with E-state index in [0.717, 1.165) is 5.69 Å². The first-order valence-electron chi connectivity index (χ1n) is 4.79. The molecule has 16 heavy (non-hydrogen) atoms. The third-order valence-electron chi connectivity index (χ3n) is 1.93. The lowest BCUT2D eigenvalue weighted by molar-refractivity contribution is -0.137. The number of nitrogens with one attached hydrogen (secondary N) is 1. The van der Waals surface area contributed by atoms with Crippen LogP contribution < -0.4 is 10.1 Å². The van der Waals surface area contributed by atoms with Crippen molar-refractivity contribution in [2.75, 3.05) is 11.9 Å². The van der Waals surface area contributed by atoms with Crippen LogP contribution in [-0.2, 0) is 4.79 Å². The van der Waals surface area contributed by atoms with Crippen molar-refractivity contribution in [2.45, 2.75) is 13.0 Å². The first-order chi connectivity index (χ1) is 7.63. The molecule has 1 rings (SSSR count). The Bertz CT molecular complexity index is 392. The minimum atomic E-state index is -0.896. The molecule has 0 saturated heterocycles. The molecule has 0 heterocycles. The Morgan fingerprint density at radius 2 is 2.19 bits per heavy atom. The monoisotopic (exact) mass is 219 g/mol. The van der Waals surface area contributed by atoms with Crippen molar-refractivity contribution in [1.82, 2.24) is 0 Å². The Morgan fingerprint density at radius 3 is 2.69 bits per heavy atom. The maximum atomic E-state index is 10.6. The summed E-state index contributed by atoms with van der Waals surface area (Å²) in [5, 5.41) is 11.5. The molecular weight excluding hydrogens is 206 g/mol. The van der Waals surface area contributed by atoms with Crippen LogP contribution in [0.3, 0.4) is 0 Å². The van der Waals surface area contributed by atoms with E-state index >= 15 is 0 Å². The number of rotatable bonds is 5. The summed E-state index contributed by atoms with van der Waals surface area (Å²) in [7, 11) is 0. The first kappa shape index (κ1) is 11.9. The van der Waals surface area contributed by atoms with E-state index in [0.29, 0.717) is 5.75 Å². The second kappa shape index (κ2) is 5.66. The van der Waals surface area contributed by atoms with Gasteiger partial charge in [-0.05, 0) is 31.2 Å². The molecule has 4 heteroatoms. The standard InChI is InChI=1S/C12H13NO3/c1-3-8-16-11-6-4-10(5-7-11)13-9(2)12(14)15/h1,4-7,9,13H,8H2,2H3,(H,14,15)/t9-/m0/s1. The van der Waals surface area contributed by atoms with Crippen LogP contribution in [0.5, 0.6) is 5.75 Å². The van der Waals surface area contributed by atoms with E-state index in [-0.39, 0.29) is 6.61 Å². The van der Waals surface area contributed by atoms with Crippen molar-refractivity contribution in [3.05, 3.63) is 24.3 Å². The van der Waals surface area contributed by atoms with Gasteiger partial charge in [0.25, 0.3) is 0 Å². The zero-order valence-corrected chi connectivity index (χ0v) is 8.93. The molecular formula is C12H13NO3. The van der Waals surface area contributed by atoms with Gasteiger partial charge in [0.15, 0.2) is 0 Å². The number of benzene rings is 1. The Balaban J connectivity index is 2.58. The molecule has 0 aromatic heterocycles. The molecule has 0 unspecified atom stereocenters. The third kappa shape index (κ3) is 3.54. The molecule has 2 N–H and O–H groups in total. The predicted molar refractivity (Wildman–Crippen MR) is 61.5 cm³/mol. The number of ether oxygens (including phenoxy) is 1. The molecule has 0 aliphatic rings. The van der Waals surface area contributed by atoms with Crippen LogP contribution >= 0.6 is 0 Å². The van der Waals surface area contributed by atoms with E-state index in [4.69, 9.17) is 16.3 Å². The highest BCUT2D eigenvalue weighted by molar-refractivity contribution is 5.76. The zero-order chi connectivity index (χ0) is 12.0. The van der Waals surface area contributed by atoms with Gasteiger partial charge in [-0.2, -0.15) is 0 Å². The lowest BCUT2D eigenvalue weighted by Crippen LogP contribution is -2.25. The molecule has 0 aliphatic heterocycles. The lowest BCUT2D eigenvalue weighted by atomic mass is 10.2. The molecule has 0 fully saturated rings. The molecule has 0 amide bonds. The second-order valence-electron chi connectivity index (χ2n) is 3.22. The normalized spacial score (nSPS) is 11.2. The van der Waals surface area contributed by atoms with Crippen LogP contribution in [0.1, 0.15) is 6.92 Å². The lowest BCUT2D eigenvalue weighted by Gasteiger charge is -2.11. The fraction of sp³-hybridized carbons (Fsp3) is 0.250. The van der Waals surface area contributed by atoms with E-state index in [2.05, 4.69) is 11.2 Å². The van der Waals surface area contributed by atoms with Crippen LogP contribution in [0, 0.1) is 12.3 Å². The van der Waals surface area contributed by atoms with Crippen molar-refractivity contribution in [2.24, 2.45) is 0 Å². The summed E-state index contributed by atoms with van der Waals surface area (Å²) in [5.41, 5.74) is 0.725. The summed E-state index contributed by atoms with van der Waals surface area (Å²) in [5.74, 6) is 2.13. The Hall–Kier alpha value is -2.15. The fourth-order valence-electron chi connectivity index (χ4n) is 1.08. The summed E-state index contributed by atoms with van der Waals surface area (Å²) in [6.07, 6.45) is 5.05. The van der Waals surface area contributed by atoms with E-state index in [1.807, 2.05) is 0 Å². The summed E-state index contributed by atoms with van der Waals surface area (Å²) >= 11 is 0. The smallest absolute Gasteiger partial charge is 0.325 e. The molecule has 0 saturated carbocycles. The van der Waals surface area contributed by atoms with Crippen LogP contribution in [-0.4, -0.2) is 23.7 Å². The molecule has 1 aromatic carbocycles. The summed E-state index contributed by atoms with van der Waals surface area (Å²) in [4.78, 5) is 10.6. The quantitative estimate of drug-likeness (QED) is 0.738. The second-order valence-corrected chi connectivity index (χ2v) is 3.22. The van der Waals surface area contributed by atoms with E-state index < -0.39 is 12.0 Å². The molecule has 0 aliphatic carbocycles. The Morgan fingerprint density at radius 1 is 1.56 bits per heavy atom. The largest absolute Gasteiger partial charge is 0.481 e. The average molecular weight is 219 g/mol. The molecule has 0 radical (unpaired) electrons. The van der Waals surface area contributed by atoms with Gasteiger partial charge in [0.1, 0.15) is 18.4 Å². The van der Waals surface area contributed by atoms with E-state index in [9.17, 15) is 4.79 Å². The van der Waals surface area contributed by atoms with E-state index in [1.165, 1.54) is 0 Å². The Labute approximate surface area is 94.2 Å². The SMILES string of the molecule is C#CCOc1ccc(N[C@@H](C)C(=O)O)cc1. The number of hydrogen-bond acceptors (Lipinski definition) is 3. The van der Waals surface area contributed by atoms with Crippen molar-refractivity contribution in [3.8, 4) is 18.1 Å². The van der Waals surface area contributed by atoms with Gasteiger partial charge in [-0.25, -0.2) is 0 Å². The van der Waals surface area contributed by atoms with Gasteiger partial charge in [0.05, 0.1) is 0 Å². The molecule has 0 bridgehead atoms. The number of terminal acetylenes is 1. The topological polar surface area (TPSA) is 58.6 Å². The molecule has 1 aromatic rings. The Kier molecular flexibility index (Phi) is 4.22. The maximum Gasteiger partial charge on any atom is 0.325 e. The highest BCUT2D eigenvalue weighted by Gasteiger charge is 2.09. The summed E-state index contributed by atoms with van der Waals surface area (Å²) in [6, 6.07) is 6.32. The minimum Gasteiger partial charge on any atom is -0.481 e. The average Bonchev–Trinajstić information content (AvgIpc) is 2.28. The van der Waals surface area contributed by atoms with Crippen molar-refractivity contribution < 1.29 is 14.6 Å². The van der Waals surface area contributed by atoms with Crippen LogP contribution in [0.4, 0.5) is 5.69 Å². The van der Waals surface area contributed by atoms with Gasteiger partial charge >= 0.3 is 5.97 Å². The molecule has 0 spiro atoms. The van der Waals surface area contributed by atoms with Crippen LogP contribution in [0.25, 0.3) is 0 Å². The highest BCUT2D eigenvalue weighted by Crippen LogP contribution is 2.16. The van der Waals surface area contributed by atoms with Gasteiger partial charge in [-0.15, -0.1) is 6.42 Å². The van der Waals surface area contributed by atoms with Gasteiger partial charge in [-0.3, -0.25) is 4.79 Å². The maximum absolute atomic E-state index is 10.6. The fourth-order valence-corrected chi connectivity index (χ4v) is 1.08. The zero-order valence-electron chi connectivity index (χ0n) is 8.93. The summed E-state index contributed by atoms with van der Waals surface area (Å²) in [6.45, 7) is 1.80. The van der Waals surface area contributed by atoms with Crippen LogP contribution in [0.15, 0.2) is 24.3 Å².